The van der Waals surface area contributed by atoms with Gasteiger partial charge in [0, 0.05) is 12.1 Å². The van der Waals surface area contributed by atoms with E-state index in [1.165, 1.54) is 37.2 Å². The maximum atomic E-state index is 6.15. The summed E-state index contributed by atoms with van der Waals surface area (Å²) in [4.78, 5) is 0. The molecule has 1 unspecified atom stereocenters. The molecular weight excluding hydrogens is 266 g/mol. The Bertz CT molecular complexity index is 310. The number of rotatable bonds is 4. The quantitative estimate of drug-likeness (QED) is 0.626. The van der Waals surface area contributed by atoms with E-state index in [1.807, 2.05) is 0 Å². The molecule has 20 heavy (non-hydrogen) atoms. The molecule has 2 aliphatic heterocycles. The van der Waals surface area contributed by atoms with Crippen LogP contribution in [0.2, 0.25) is 0 Å². The van der Waals surface area contributed by atoms with E-state index in [4.69, 9.17) is 4.74 Å². The van der Waals surface area contributed by atoms with Crippen LogP contribution >= 0.6 is 11.8 Å². The Morgan fingerprint density at radius 3 is 2.75 bits per heavy atom. The molecule has 1 atom stereocenters. The maximum absolute atomic E-state index is 6.15. The molecule has 2 heterocycles. The fourth-order valence-electron chi connectivity index (χ4n) is 3.14. The average molecular weight is 298 g/mol. The Kier molecular flexibility index (Phi) is 6.00. The Morgan fingerprint density at radius 2 is 2.05 bits per heavy atom. The van der Waals surface area contributed by atoms with E-state index in [-0.39, 0.29) is 11.1 Å². The first-order chi connectivity index (χ1) is 9.49. The highest BCUT2D eigenvalue weighted by Crippen LogP contribution is 2.40. The minimum absolute atomic E-state index is 0.224. The fraction of sp³-hybridized carbons (Fsp3) is 0.882. The second-order valence-corrected chi connectivity index (χ2v) is 8.52. The highest BCUT2D eigenvalue weighted by Gasteiger charge is 2.37. The zero-order valence-corrected chi connectivity index (χ0v) is 14.2. The van der Waals surface area contributed by atoms with Crippen molar-refractivity contribution in [1.82, 2.24) is 5.32 Å². The largest absolute Gasteiger partial charge is 0.375 e. The Hall–Kier alpha value is 0.01000. The van der Waals surface area contributed by atoms with Crippen LogP contribution < -0.4 is 5.32 Å². The lowest BCUT2D eigenvalue weighted by Crippen LogP contribution is -2.42. The predicted molar refractivity (Wildman–Crippen MR) is 89.5 cm³/mol. The van der Waals surface area contributed by atoms with Gasteiger partial charge in [-0.2, -0.15) is 11.8 Å². The van der Waals surface area contributed by atoms with E-state index < -0.39 is 0 Å². The summed E-state index contributed by atoms with van der Waals surface area (Å²) in [5.74, 6) is 3.30. The van der Waals surface area contributed by atoms with Crippen molar-refractivity contribution in [3.63, 3.8) is 0 Å². The first-order valence-electron chi connectivity index (χ1n) is 8.13. The van der Waals surface area contributed by atoms with Crippen LogP contribution in [0.3, 0.4) is 0 Å². The molecule has 2 aliphatic rings. The minimum Gasteiger partial charge on any atom is -0.375 e. The van der Waals surface area contributed by atoms with Crippen molar-refractivity contribution in [3.8, 4) is 0 Å². The summed E-state index contributed by atoms with van der Waals surface area (Å²) in [6, 6.07) is 0. The summed E-state index contributed by atoms with van der Waals surface area (Å²) in [5.41, 5.74) is 0.457. The van der Waals surface area contributed by atoms with Crippen LogP contribution in [0.25, 0.3) is 0 Å². The third-order valence-corrected chi connectivity index (χ3v) is 5.30. The molecular formula is C17H31NOS. The van der Waals surface area contributed by atoms with Crippen molar-refractivity contribution < 1.29 is 4.74 Å². The van der Waals surface area contributed by atoms with Gasteiger partial charge in [-0.25, -0.2) is 0 Å². The molecule has 0 aromatic rings. The zero-order valence-electron chi connectivity index (χ0n) is 13.4. The van der Waals surface area contributed by atoms with Crippen LogP contribution in [0, 0.1) is 5.92 Å². The van der Waals surface area contributed by atoms with Crippen molar-refractivity contribution in [3.05, 3.63) is 12.2 Å². The molecule has 116 valence electrons. The normalized spacial score (nSPS) is 27.2. The van der Waals surface area contributed by atoms with Crippen LogP contribution in [0.5, 0.6) is 0 Å². The summed E-state index contributed by atoms with van der Waals surface area (Å²) < 4.78 is 6.15. The molecule has 1 N–H and O–H groups in total. The third-order valence-electron chi connectivity index (χ3n) is 4.31. The Labute approximate surface area is 129 Å². The molecule has 0 aromatic carbocycles. The molecule has 0 bridgehead atoms. The molecule has 2 fully saturated rings. The summed E-state index contributed by atoms with van der Waals surface area (Å²) in [5, 5.41) is 3.54. The summed E-state index contributed by atoms with van der Waals surface area (Å²) in [7, 11) is 0. The maximum Gasteiger partial charge on any atom is 0.0703 e. The summed E-state index contributed by atoms with van der Waals surface area (Å²) in [6.45, 7) is 8.70. The lowest BCUT2D eigenvalue weighted by molar-refractivity contribution is -0.0949. The number of allylic oxidation sites excluding steroid dienone is 1. The van der Waals surface area contributed by atoms with Gasteiger partial charge in [0.2, 0.25) is 0 Å². The van der Waals surface area contributed by atoms with Crippen molar-refractivity contribution in [2.45, 2.75) is 64.0 Å². The first kappa shape index (κ1) is 16.4. The molecule has 0 aromatic heterocycles. The van der Waals surface area contributed by atoms with Gasteiger partial charge in [-0.15, -0.1) is 0 Å². The molecule has 0 aliphatic carbocycles. The zero-order chi connectivity index (χ0) is 14.5. The molecule has 2 rings (SSSR count). The van der Waals surface area contributed by atoms with E-state index >= 15 is 0 Å². The molecule has 3 heteroatoms. The van der Waals surface area contributed by atoms with Crippen LogP contribution in [-0.4, -0.2) is 35.8 Å². The van der Waals surface area contributed by atoms with Crippen LogP contribution in [-0.2, 0) is 4.74 Å². The van der Waals surface area contributed by atoms with Crippen molar-refractivity contribution in [1.29, 1.82) is 0 Å². The number of hydrogen-bond acceptors (Lipinski definition) is 3. The van der Waals surface area contributed by atoms with Gasteiger partial charge in [0.15, 0.2) is 0 Å². The highest BCUT2D eigenvalue weighted by molar-refractivity contribution is 7.99. The lowest BCUT2D eigenvalue weighted by atomic mass is 9.82. The second-order valence-electron chi connectivity index (χ2n) is 7.29. The summed E-state index contributed by atoms with van der Waals surface area (Å²) >= 11 is 2.08. The summed E-state index contributed by atoms with van der Waals surface area (Å²) in [6.07, 6.45) is 10.9. The fourth-order valence-corrected chi connectivity index (χ4v) is 4.38. The Morgan fingerprint density at radius 1 is 1.30 bits per heavy atom. The smallest absolute Gasteiger partial charge is 0.0703 e. The molecule has 0 amide bonds. The van der Waals surface area contributed by atoms with Crippen molar-refractivity contribution >= 4 is 11.8 Å². The van der Waals surface area contributed by atoms with E-state index in [0.29, 0.717) is 0 Å². The SMILES string of the molecule is CC(C)(C)NCC/C=C/C1CCOC2(CCSCC2)C1. The number of thioether (sulfide) groups is 1. The minimum atomic E-state index is 0.224. The van der Waals surface area contributed by atoms with Gasteiger partial charge in [0.25, 0.3) is 0 Å². The van der Waals surface area contributed by atoms with Gasteiger partial charge in [-0.3, -0.25) is 0 Å². The highest BCUT2D eigenvalue weighted by atomic mass is 32.2. The third kappa shape index (κ3) is 5.42. The standard InChI is InChI=1S/C17H31NOS/c1-16(2,3)18-10-5-4-6-15-7-11-19-17(14-15)8-12-20-13-9-17/h4,6,15,18H,5,7-14H2,1-3H3/b6-4+. The lowest BCUT2D eigenvalue weighted by Gasteiger charge is -2.42. The first-order valence-corrected chi connectivity index (χ1v) is 9.28. The number of hydrogen-bond donors (Lipinski definition) is 1. The molecule has 1 spiro atoms. The van der Waals surface area contributed by atoms with Crippen LogP contribution in [0.15, 0.2) is 12.2 Å². The van der Waals surface area contributed by atoms with E-state index in [2.05, 4.69) is 50.0 Å². The van der Waals surface area contributed by atoms with Gasteiger partial charge in [0.1, 0.15) is 0 Å². The number of nitrogens with one attached hydrogen (secondary N) is 1. The van der Waals surface area contributed by atoms with E-state index in [0.717, 1.165) is 25.5 Å². The van der Waals surface area contributed by atoms with Gasteiger partial charge in [0.05, 0.1) is 5.60 Å². The predicted octanol–water partition coefficient (Wildman–Crippen LogP) is 4.01. The number of ether oxygens (including phenoxy) is 1. The van der Waals surface area contributed by atoms with E-state index in [9.17, 15) is 0 Å². The van der Waals surface area contributed by atoms with Crippen LogP contribution in [0.4, 0.5) is 0 Å². The molecule has 0 radical (unpaired) electrons. The average Bonchev–Trinajstić information content (AvgIpc) is 2.38. The van der Waals surface area contributed by atoms with Gasteiger partial charge in [-0.05, 0) is 76.8 Å². The molecule has 0 saturated carbocycles. The van der Waals surface area contributed by atoms with E-state index in [1.54, 1.807) is 0 Å². The topological polar surface area (TPSA) is 21.3 Å². The Balaban J connectivity index is 1.72. The van der Waals surface area contributed by atoms with Gasteiger partial charge < -0.3 is 10.1 Å². The van der Waals surface area contributed by atoms with Gasteiger partial charge >= 0.3 is 0 Å². The second kappa shape index (κ2) is 7.33. The van der Waals surface area contributed by atoms with Gasteiger partial charge in [-0.1, -0.05) is 12.2 Å². The monoisotopic (exact) mass is 297 g/mol. The molecule has 2 nitrogen and oxygen atoms in total. The molecule has 2 saturated heterocycles. The van der Waals surface area contributed by atoms with Crippen LogP contribution in [0.1, 0.15) is 52.9 Å². The van der Waals surface area contributed by atoms with Crippen molar-refractivity contribution in [2.24, 2.45) is 5.92 Å². The van der Waals surface area contributed by atoms with Crippen molar-refractivity contribution in [2.75, 3.05) is 24.7 Å².